The van der Waals surface area contributed by atoms with Crippen LogP contribution in [0.2, 0.25) is 0 Å². The van der Waals surface area contributed by atoms with Crippen LogP contribution >= 0.6 is 0 Å². The van der Waals surface area contributed by atoms with Crippen LogP contribution in [0.3, 0.4) is 0 Å². The van der Waals surface area contributed by atoms with Crippen LogP contribution in [-0.2, 0) is 46.0 Å². The fraction of sp³-hybridized carbons (Fsp3) is 0.333. The molecule has 0 fully saturated rings. The molecule has 0 saturated carbocycles. The molecule has 0 amide bonds. The van der Waals surface area contributed by atoms with Crippen molar-refractivity contribution < 1.29 is 19.1 Å². The van der Waals surface area contributed by atoms with Crippen LogP contribution in [0.4, 0.5) is 0 Å². The second kappa shape index (κ2) is 11.7. The molecule has 0 saturated heterocycles. The lowest BCUT2D eigenvalue weighted by Gasteiger charge is -2.24. The van der Waals surface area contributed by atoms with E-state index in [-0.39, 0.29) is 0 Å². The van der Waals surface area contributed by atoms with Gasteiger partial charge in [-0.15, -0.1) is 0 Å². The van der Waals surface area contributed by atoms with E-state index >= 15 is 0 Å². The Labute approximate surface area is 223 Å². The number of rotatable bonds is 10. The zero-order chi connectivity index (χ0) is 27.4. The molecule has 4 rings (SSSR count). The maximum Gasteiger partial charge on any atom is 0.332 e. The molecule has 0 radical (unpaired) electrons. The van der Waals surface area contributed by atoms with Gasteiger partial charge in [0, 0.05) is 73.3 Å². The summed E-state index contributed by atoms with van der Waals surface area (Å²) in [6.45, 7) is 0. The van der Waals surface area contributed by atoms with Crippen LogP contribution in [0.1, 0.15) is 11.1 Å². The minimum absolute atomic E-state index is 0.491. The van der Waals surface area contributed by atoms with Crippen LogP contribution in [0.5, 0.6) is 0 Å². The molecule has 2 aromatic carbocycles. The molecular formula is C30H36N4O4. The molecule has 8 heteroatoms. The van der Waals surface area contributed by atoms with Gasteiger partial charge in [-0.2, -0.15) is 0 Å². The first-order chi connectivity index (χ1) is 18.1. The number of esters is 2. The molecule has 4 aromatic rings. The van der Waals surface area contributed by atoms with Crippen LogP contribution in [0.15, 0.2) is 73.1 Å². The number of para-hydroxylation sites is 2. The third-order valence-corrected chi connectivity index (χ3v) is 6.76. The summed E-state index contributed by atoms with van der Waals surface area (Å²) in [6, 6.07) is 16.3. The van der Waals surface area contributed by atoms with Crippen molar-refractivity contribution >= 4 is 33.7 Å². The highest BCUT2D eigenvalue weighted by Gasteiger charge is 2.21. The van der Waals surface area contributed by atoms with Gasteiger partial charge < -0.3 is 18.6 Å². The molecule has 2 aromatic heterocycles. The lowest BCUT2D eigenvalue weighted by Crippen LogP contribution is -2.35. The molecule has 0 aliphatic heterocycles. The lowest BCUT2D eigenvalue weighted by molar-refractivity contribution is -0.153. The van der Waals surface area contributed by atoms with Gasteiger partial charge in [0.25, 0.3) is 0 Å². The average molecular weight is 517 g/mol. The zero-order valence-corrected chi connectivity index (χ0v) is 22.9. The number of carbonyl (C=O) groups is 2. The maximum atomic E-state index is 12.6. The number of ether oxygens (including phenoxy) is 2. The Morgan fingerprint density at radius 2 is 1.08 bits per heavy atom. The topological polar surface area (TPSA) is 68.9 Å². The van der Waals surface area contributed by atoms with E-state index in [0.717, 1.165) is 45.1 Å². The number of benzene rings is 2. The van der Waals surface area contributed by atoms with Crippen LogP contribution in [0.25, 0.3) is 21.8 Å². The summed E-state index contributed by atoms with van der Waals surface area (Å²) in [5.74, 6) is -1.20. The standard InChI is InChI=1S/C30H36N4O4/c1-31(2)27(17-21-19-33(5)25-13-9-7-11-23(21)25)37-29(35)15-16-30(36)38-28(32(3)4)18-22-20-34(6)26-14-10-8-12-24(22)26/h7-16,19-20,27-28H,17-18H2,1-6H3/b16-15+. The Hall–Kier alpha value is -3.88. The van der Waals surface area contributed by atoms with Gasteiger partial charge >= 0.3 is 11.9 Å². The molecule has 38 heavy (non-hydrogen) atoms. The first-order valence-electron chi connectivity index (χ1n) is 12.6. The third-order valence-electron chi connectivity index (χ3n) is 6.76. The Bertz CT molecular complexity index is 1350. The summed E-state index contributed by atoms with van der Waals surface area (Å²) in [4.78, 5) is 28.9. The molecule has 0 N–H and O–H groups in total. The number of likely N-dealkylation sites (N-methyl/N-ethyl adjacent to an activating group) is 2. The molecule has 0 bridgehead atoms. The van der Waals surface area contributed by atoms with Gasteiger partial charge in [0.1, 0.15) is 0 Å². The van der Waals surface area contributed by atoms with Gasteiger partial charge in [-0.1, -0.05) is 36.4 Å². The number of fused-ring (bicyclic) bond motifs is 2. The van der Waals surface area contributed by atoms with Crippen LogP contribution in [-0.4, -0.2) is 71.5 Å². The monoisotopic (exact) mass is 516 g/mol. The molecule has 0 aliphatic carbocycles. The molecular weight excluding hydrogens is 480 g/mol. The van der Waals surface area contributed by atoms with Crippen LogP contribution < -0.4 is 0 Å². The van der Waals surface area contributed by atoms with Crippen molar-refractivity contribution in [2.75, 3.05) is 28.2 Å². The van der Waals surface area contributed by atoms with Crippen molar-refractivity contribution in [1.29, 1.82) is 0 Å². The molecule has 8 nitrogen and oxygen atoms in total. The second-order valence-corrected chi connectivity index (χ2v) is 10.0. The highest BCUT2D eigenvalue weighted by Crippen LogP contribution is 2.24. The summed E-state index contributed by atoms with van der Waals surface area (Å²) in [5.41, 5.74) is 4.40. The fourth-order valence-corrected chi connectivity index (χ4v) is 4.69. The fourth-order valence-electron chi connectivity index (χ4n) is 4.69. The molecule has 2 heterocycles. The van der Waals surface area contributed by atoms with Gasteiger partial charge in [-0.25, -0.2) is 9.59 Å². The van der Waals surface area contributed by atoms with E-state index in [1.807, 2.05) is 76.4 Å². The van der Waals surface area contributed by atoms with E-state index in [0.29, 0.717) is 12.8 Å². The Kier molecular flexibility index (Phi) is 8.34. The molecule has 2 unspecified atom stereocenters. The minimum Gasteiger partial charge on any atom is -0.443 e. The normalized spacial score (nSPS) is 13.6. The van der Waals surface area contributed by atoms with E-state index in [2.05, 4.69) is 45.8 Å². The number of aromatic nitrogens is 2. The smallest absolute Gasteiger partial charge is 0.332 e. The van der Waals surface area contributed by atoms with Crippen molar-refractivity contribution in [1.82, 2.24) is 18.9 Å². The van der Waals surface area contributed by atoms with E-state index in [1.54, 1.807) is 0 Å². The molecule has 200 valence electrons. The first-order valence-corrected chi connectivity index (χ1v) is 12.6. The summed E-state index contributed by atoms with van der Waals surface area (Å²) in [6.07, 6.45) is 6.43. The molecule has 0 spiro atoms. The van der Waals surface area contributed by atoms with Gasteiger partial charge in [0.15, 0.2) is 12.5 Å². The maximum absolute atomic E-state index is 12.6. The zero-order valence-electron chi connectivity index (χ0n) is 22.9. The Balaban J connectivity index is 1.38. The predicted molar refractivity (Wildman–Crippen MR) is 150 cm³/mol. The quantitative estimate of drug-likeness (QED) is 0.181. The number of carbonyl (C=O) groups excluding carboxylic acids is 2. The van der Waals surface area contributed by atoms with Crippen molar-refractivity contribution in [3.63, 3.8) is 0 Å². The van der Waals surface area contributed by atoms with E-state index in [9.17, 15) is 9.59 Å². The van der Waals surface area contributed by atoms with Crippen LogP contribution in [0, 0.1) is 0 Å². The van der Waals surface area contributed by atoms with E-state index < -0.39 is 24.4 Å². The predicted octanol–water partition coefficient (Wildman–Crippen LogP) is 3.87. The Morgan fingerprint density at radius 3 is 1.45 bits per heavy atom. The average Bonchev–Trinajstić information content (AvgIpc) is 3.38. The first kappa shape index (κ1) is 27.2. The largest absolute Gasteiger partial charge is 0.443 e. The SMILES string of the molecule is CN(C)C(Cc1cn(C)c2ccccc12)OC(=O)/C=C/C(=O)OC(Cc1cn(C)c2ccccc12)N(C)C. The van der Waals surface area contributed by atoms with Gasteiger partial charge in [-0.05, 0) is 51.5 Å². The third kappa shape index (κ3) is 6.15. The van der Waals surface area contributed by atoms with E-state index in [4.69, 9.17) is 9.47 Å². The van der Waals surface area contributed by atoms with Crippen molar-refractivity contribution in [3.8, 4) is 0 Å². The van der Waals surface area contributed by atoms with Gasteiger partial charge in [0.05, 0.1) is 0 Å². The number of hydrogen-bond acceptors (Lipinski definition) is 6. The van der Waals surface area contributed by atoms with Crippen molar-refractivity contribution in [3.05, 3.63) is 84.2 Å². The number of nitrogens with zero attached hydrogens (tertiary/aromatic N) is 4. The molecule has 2 atom stereocenters. The van der Waals surface area contributed by atoms with Crippen molar-refractivity contribution in [2.45, 2.75) is 25.3 Å². The highest BCUT2D eigenvalue weighted by molar-refractivity contribution is 5.92. The number of aryl methyl sites for hydroxylation is 2. The summed E-state index contributed by atoms with van der Waals surface area (Å²) >= 11 is 0. The van der Waals surface area contributed by atoms with Gasteiger partial charge in [-0.3, -0.25) is 9.80 Å². The summed E-state index contributed by atoms with van der Waals surface area (Å²) < 4.78 is 15.5. The highest BCUT2D eigenvalue weighted by atomic mass is 16.6. The van der Waals surface area contributed by atoms with Crippen molar-refractivity contribution in [2.24, 2.45) is 14.1 Å². The minimum atomic E-state index is -0.601. The molecule has 0 aliphatic rings. The Morgan fingerprint density at radius 1 is 0.711 bits per heavy atom. The lowest BCUT2D eigenvalue weighted by atomic mass is 10.1. The van der Waals surface area contributed by atoms with Gasteiger partial charge in [0.2, 0.25) is 0 Å². The second-order valence-electron chi connectivity index (χ2n) is 10.0. The number of hydrogen-bond donors (Lipinski definition) is 0. The summed E-state index contributed by atoms with van der Waals surface area (Å²) in [5, 5.41) is 2.25. The summed E-state index contributed by atoms with van der Waals surface area (Å²) in [7, 11) is 11.4. The van der Waals surface area contributed by atoms with E-state index in [1.165, 1.54) is 0 Å².